The summed E-state index contributed by atoms with van der Waals surface area (Å²) < 4.78 is 74.7. The monoisotopic (exact) mass is 559 g/mol. The predicted molar refractivity (Wildman–Crippen MR) is 142 cm³/mol. The highest BCUT2D eigenvalue weighted by atomic mass is 19.4. The first-order valence-electron chi connectivity index (χ1n) is 13.2. The lowest BCUT2D eigenvalue weighted by Crippen LogP contribution is -2.48. The van der Waals surface area contributed by atoms with Gasteiger partial charge in [-0.3, -0.25) is 9.69 Å². The molecule has 2 fully saturated rings. The van der Waals surface area contributed by atoms with Crippen LogP contribution in [0, 0.1) is 17.6 Å². The number of amides is 1. The van der Waals surface area contributed by atoms with Crippen LogP contribution in [0.1, 0.15) is 27.4 Å². The highest BCUT2D eigenvalue weighted by Gasteiger charge is 2.40. The number of hydrogen-bond donors (Lipinski definition) is 0. The predicted octanol–water partition coefficient (Wildman–Crippen LogP) is 5.67. The number of carbonyl (C=O) groups excluding carboxylic acids is 1. The van der Waals surface area contributed by atoms with Gasteiger partial charge in [-0.25, -0.2) is 8.78 Å². The zero-order valence-electron chi connectivity index (χ0n) is 22.0. The van der Waals surface area contributed by atoms with Crippen LogP contribution in [-0.2, 0) is 6.18 Å². The standard InChI is InChI=1S/C30H30F5N3O2/c1-40-24-8-3-7-23(16-24)37-13-11-36(12-14-37)17-21-18-38(29(39)28-26(31)9-4-10-27(28)32)19-25(21)20-5-2-6-22(15-20)30(33,34)35/h2-10,15-16,21,25H,11-14,17-19H2,1H3. The zero-order chi connectivity index (χ0) is 28.4. The third-order valence-electron chi connectivity index (χ3n) is 7.83. The second-order valence-electron chi connectivity index (χ2n) is 10.3. The number of methoxy groups -OCH3 is 1. The summed E-state index contributed by atoms with van der Waals surface area (Å²) in [5.74, 6) is -2.58. The molecule has 40 heavy (non-hydrogen) atoms. The molecule has 5 nitrogen and oxygen atoms in total. The van der Waals surface area contributed by atoms with Crippen molar-refractivity contribution in [3.63, 3.8) is 0 Å². The fourth-order valence-electron chi connectivity index (χ4n) is 5.73. The molecule has 5 rings (SSSR count). The molecule has 10 heteroatoms. The average Bonchev–Trinajstić information content (AvgIpc) is 3.37. The first-order valence-corrected chi connectivity index (χ1v) is 13.2. The molecule has 3 aromatic rings. The van der Waals surface area contributed by atoms with E-state index in [1.54, 1.807) is 13.2 Å². The molecule has 212 valence electrons. The van der Waals surface area contributed by atoms with E-state index in [0.717, 1.165) is 61.9 Å². The molecule has 2 atom stereocenters. The van der Waals surface area contributed by atoms with Crippen LogP contribution < -0.4 is 9.64 Å². The van der Waals surface area contributed by atoms with Gasteiger partial charge < -0.3 is 14.5 Å². The van der Waals surface area contributed by atoms with Crippen molar-refractivity contribution in [2.75, 3.05) is 57.8 Å². The number of piperazine rings is 1. The average molecular weight is 560 g/mol. The molecule has 2 unspecified atom stereocenters. The van der Waals surface area contributed by atoms with E-state index in [4.69, 9.17) is 4.74 Å². The number of alkyl halides is 3. The van der Waals surface area contributed by atoms with Crippen molar-refractivity contribution in [1.29, 1.82) is 0 Å². The van der Waals surface area contributed by atoms with Gasteiger partial charge in [-0.05, 0) is 41.8 Å². The van der Waals surface area contributed by atoms with Gasteiger partial charge in [0.25, 0.3) is 5.91 Å². The molecule has 0 bridgehead atoms. The molecule has 0 spiro atoms. The minimum Gasteiger partial charge on any atom is -0.497 e. The van der Waals surface area contributed by atoms with Crippen LogP contribution in [0.5, 0.6) is 5.75 Å². The van der Waals surface area contributed by atoms with Crippen LogP contribution in [0.25, 0.3) is 0 Å². The van der Waals surface area contributed by atoms with Crippen LogP contribution in [0.15, 0.2) is 66.7 Å². The second kappa shape index (κ2) is 11.4. The molecule has 3 aromatic carbocycles. The smallest absolute Gasteiger partial charge is 0.416 e. The normalized spacial score (nSPS) is 20.1. The van der Waals surface area contributed by atoms with E-state index in [9.17, 15) is 26.7 Å². The number of carbonyl (C=O) groups is 1. The number of ether oxygens (including phenoxy) is 1. The number of likely N-dealkylation sites (tertiary alicyclic amines) is 1. The third kappa shape index (κ3) is 5.91. The number of nitrogens with zero attached hydrogens (tertiary/aromatic N) is 3. The molecule has 2 saturated heterocycles. The molecule has 2 aliphatic rings. The summed E-state index contributed by atoms with van der Waals surface area (Å²) in [4.78, 5) is 19.1. The van der Waals surface area contributed by atoms with Crippen LogP contribution in [-0.4, -0.2) is 68.6 Å². The molecule has 0 aromatic heterocycles. The van der Waals surface area contributed by atoms with Gasteiger partial charge in [0.1, 0.15) is 22.9 Å². The molecule has 2 heterocycles. The van der Waals surface area contributed by atoms with Crippen LogP contribution >= 0.6 is 0 Å². The van der Waals surface area contributed by atoms with Gasteiger partial charge in [0.2, 0.25) is 0 Å². The van der Waals surface area contributed by atoms with Crippen molar-refractivity contribution in [3.05, 3.63) is 95.1 Å². The van der Waals surface area contributed by atoms with Crippen molar-refractivity contribution in [3.8, 4) is 5.75 Å². The van der Waals surface area contributed by atoms with Crippen molar-refractivity contribution in [2.45, 2.75) is 12.1 Å². The summed E-state index contributed by atoms with van der Waals surface area (Å²) in [6.07, 6.45) is -4.51. The summed E-state index contributed by atoms with van der Waals surface area (Å²) in [6, 6.07) is 16.2. The Labute approximate surface area is 229 Å². The van der Waals surface area contributed by atoms with E-state index in [-0.39, 0.29) is 19.0 Å². The molecule has 1 amide bonds. The third-order valence-corrected chi connectivity index (χ3v) is 7.83. The first-order chi connectivity index (χ1) is 19.1. The van der Waals surface area contributed by atoms with Gasteiger partial charge in [-0.2, -0.15) is 13.2 Å². The van der Waals surface area contributed by atoms with E-state index in [0.29, 0.717) is 12.1 Å². The van der Waals surface area contributed by atoms with Crippen molar-refractivity contribution in [1.82, 2.24) is 9.80 Å². The second-order valence-corrected chi connectivity index (χ2v) is 10.3. The number of rotatable bonds is 6. The fourth-order valence-corrected chi connectivity index (χ4v) is 5.73. The number of benzene rings is 3. The lowest BCUT2D eigenvalue weighted by molar-refractivity contribution is -0.137. The lowest BCUT2D eigenvalue weighted by atomic mass is 9.87. The van der Waals surface area contributed by atoms with Crippen LogP contribution in [0.2, 0.25) is 0 Å². The zero-order valence-corrected chi connectivity index (χ0v) is 22.0. The Hall–Kier alpha value is -3.66. The Morgan fingerprint density at radius 3 is 2.25 bits per heavy atom. The quantitative estimate of drug-likeness (QED) is 0.365. The van der Waals surface area contributed by atoms with E-state index in [2.05, 4.69) is 9.80 Å². The fraction of sp³-hybridized carbons (Fsp3) is 0.367. The summed E-state index contributed by atoms with van der Waals surface area (Å²) >= 11 is 0. The highest BCUT2D eigenvalue weighted by Crippen LogP contribution is 2.38. The Balaban J connectivity index is 1.35. The van der Waals surface area contributed by atoms with Gasteiger partial charge in [0.15, 0.2) is 0 Å². The van der Waals surface area contributed by atoms with Gasteiger partial charge >= 0.3 is 6.18 Å². The van der Waals surface area contributed by atoms with Crippen LogP contribution in [0.3, 0.4) is 0 Å². The summed E-state index contributed by atoms with van der Waals surface area (Å²) in [5.41, 5.74) is 0.1000. The van der Waals surface area contributed by atoms with E-state index in [1.807, 2.05) is 24.3 Å². The number of hydrogen-bond acceptors (Lipinski definition) is 4. The number of anilines is 1. The molecular formula is C30H30F5N3O2. The Bertz CT molecular complexity index is 1340. The lowest BCUT2D eigenvalue weighted by Gasteiger charge is -2.38. The number of halogens is 5. The largest absolute Gasteiger partial charge is 0.497 e. The summed E-state index contributed by atoms with van der Waals surface area (Å²) in [7, 11) is 1.62. The summed E-state index contributed by atoms with van der Waals surface area (Å²) in [6.45, 7) is 3.73. The topological polar surface area (TPSA) is 36.0 Å². The van der Waals surface area contributed by atoms with Crippen LogP contribution in [0.4, 0.5) is 27.6 Å². The van der Waals surface area contributed by atoms with Gasteiger partial charge in [-0.1, -0.05) is 30.3 Å². The van der Waals surface area contributed by atoms with Crippen molar-refractivity contribution < 1.29 is 31.5 Å². The van der Waals surface area contributed by atoms with Gasteiger partial charge in [0, 0.05) is 63.5 Å². The Morgan fingerprint density at radius 2 is 1.57 bits per heavy atom. The molecular weight excluding hydrogens is 529 g/mol. The Morgan fingerprint density at radius 1 is 0.900 bits per heavy atom. The summed E-state index contributed by atoms with van der Waals surface area (Å²) in [5, 5.41) is 0. The molecule has 2 aliphatic heterocycles. The SMILES string of the molecule is COc1cccc(N2CCN(CC3CN(C(=O)c4c(F)cccc4F)CC3c3cccc(C(F)(F)F)c3)CC2)c1. The maximum absolute atomic E-state index is 14.4. The van der Waals surface area contributed by atoms with E-state index >= 15 is 0 Å². The minimum atomic E-state index is -4.51. The minimum absolute atomic E-state index is 0.0718. The van der Waals surface area contributed by atoms with Crippen molar-refractivity contribution in [2.24, 2.45) is 5.92 Å². The molecule has 0 N–H and O–H groups in total. The van der Waals surface area contributed by atoms with E-state index in [1.165, 1.54) is 17.0 Å². The maximum Gasteiger partial charge on any atom is 0.416 e. The van der Waals surface area contributed by atoms with E-state index < -0.39 is 40.8 Å². The van der Waals surface area contributed by atoms with Crippen molar-refractivity contribution >= 4 is 11.6 Å². The molecule has 0 aliphatic carbocycles. The molecule has 0 saturated carbocycles. The maximum atomic E-state index is 14.4. The first kappa shape index (κ1) is 27.9. The Kier molecular flexibility index (Phi) is 7.98. The highest BCUT2D eigenvalue weighted by molar-refractivity contribution is 5.95. The van der Waals surface area contributed by atoms with Gasteiger partial charge in [0.05, 0.1) is 12.7 Å². The van der Waals surface area contributed by atoms with Gasteiger partial charge in [-0.15, -0.1) is 0 Å². The molecule has 0 radical (unpaired) electrons.